The average Bonchev–Trinajstić information content (AvgIpc) is 2.13. The molecule has 0 radical (unpaired) electrons. The van der Waals surface area contributed by atoms with Crippen LogP contribution in [0.3, 0.4) is 0 Å². The van der Waals surface area contributed by atoms with Crippen molar-refractivity contribution in [2.45, 2.75) is 6.10 Å². The van der Waals surface area contributed by atoms with Crippen LogP contribution in [-0.2, 0) is 0 Å². The van der Waals surface area contributed by atoms with Gasteiger partial charge in [0.1, 0.15) is 6.10 Å². The summed E-state index contributed by atoms with van der Waals surface area (Å²) in [7, 11) is 0. The summed E-state index contributed by atoms with van der Waals surface area (Å²) in [6.45, 7) is 0.576. The van der Waals surface area contributed by atoms with Crippen molar-refractivity contribution in [1.82, 2.24) is 14.9 Å². The van der Waals surface area contributed by atoms with Gasteiger partial charge in [0.25, 0.3) is 0 Å². The molecule has 2 rings (SSSR count). The van der Waals surface area contributed by atoms with Crippen molar-refractivity contribution in [3.05, 3.63) is 18.2 Å². The molecule has 1 aromatic rings. The molecular weight excluding hydrogens is 205 g/mol. The maximum absolute atomic E-state index is 12.4. The van der Waals surface area contributed by atoms with Gasteiger partial charge in [-0.15, -0.1) is 0 Å². The van der Waals surface area contributed by atoms with Gasteiger partial charge in [-0.1, -0.05) is 0 Å². The molecule has 1 aliphatic heterocycles. The summed E-state index contributed by atoms with van der Waals surface area (Å²) in [5.74, 6) is -0.539. The third-order valence-electron chi connectivity index (χ3n) is 1.99. The third kappa shape index (κ3) is 2.12. The first-order chi connectivity index (χ1) is 7.15. The van der Waals surface area contributed by atoms with Gasteiger partial charge in [0.05, 0.1) is 25.5 Å². The van der Waals surface area contributed by atoms with E-state index in [0.29, 0.717) is 0 Å². The van der Waals surface area contributed by atoms with Gasteiger partial charge in [-0.2, -0.15) is 0 Å². The molecule has 1 N–H and O–H groups in total. The van der Waals surface area contributed by atoms with Crippen LogP contribution in [0.15, 0.2) is 12.4 Å². The van der Waals surface area contributed by atoms with Gasteiger partial charge in [-0.3, -0.25) is 0 Å². The Morgan fingerprint density at radius 2 is 2.13 bits per heavy atom. The van der Waals surface area contributed by atoms with Crippen LogP contribution in [0.1, 0.15) is 0 Å². The second kappa shape index (κ2) is 3.68. The van der Waals surface area contributed by atoms with E-state index in [-0.39, 0.29) is 25.2 Å². The van der Waals surface area contributed by atoms with E-state index in [4.69, 9.17) is 9.84 Å². The van der Waals surface area contributed by atoms with Gasteiger partial charge >= 0.3 is 12.1 Å². The van der Waals surface area contributed by atoms with E-state index in [0.717, 1.165) is 12.4 Å². The zero-order valence-electron chi connectivity index (χ0n) is 7.63. The number of likely N-dealkylation sites (tertiary alicyclic amines) is 1. The van der Waals surface area contributed by atoms with Crippen LogP contribution in [0.2, 0.25) is 0 Å². The summed E-state index contributed by atoms with van der Waals surface area (Å²) in [5, 5.41) is 8.54. The summed E-state index contributed by atoms with van der Waals surface area (Å²) < 4.78 is 17.6. The molecule has 1 fully saturated rings. The van der Waals surface area contributed by atoms with E-state index in [1.54, 1.807) is 0 Å². The number of hydrogen-bond donors (Lipinski definition) is 1. The van der Waals surface area contributed by atoms with Crippen molar-refractivity contribution in [1.29, 1.82) is 0 Å². The number of aromatic nitrogens is 2. The number of nitrogens with zero attached hydrogens (tertiary/aromatic N) is 3. The lowest BCUT2D eigenvalue weighted by molar-refractivity contribution is 0.0199. The van der Waals surface area contributed by atoms with Gasteiger partial charge in [-0.05, 0) is 0 Å². The highest BCUT2D eigenvalue weighted by Crippen LogP contribution is 2.13. The molecule has 0 saturated carbocycles. The van der Waals surface area contributed by atoms with E-state index < -0.39 is 11.9 Å². The molecule has 1 aromatic heterocycles. The summed E-state index contributed by atoms with van der Waals surface area (Å²) in [6, 6.07) is 0.0615. The quantitative estimate of drug-likeness (QED) is 0.767. The molecule has 0 aromatic carbocycles. The topological polar surface area (TPSA) is 75.5 Å². The zero-order valence-corrected chi connectivity index (χ0v) is 7.63. The number of halogens is 1. The van der Waals surface area contributed by atoms with Crippen molar-refractivity contribution >= 4 is 6.09 Å². The fourth-order valence-electron chi connectivity index (χ4n) is 1.18. The highest BCUT2D eigenvalue weighted by Gasteiger charge is 2.32. The molecule has 0 aliphatic carbocycles. The number of carboxylic acid groups (broad SMARTS) is 1. The Morgan fingerprint density at radius 1 is 1.53 bits per heavy atom. The standard InChI is InChI=1S/C8H8FN3O3/c9-5-1-10-7(11-2-5)15-6-3-12(4-6)8(13)14/h1-2,6H,3-4H2,(H,13,14). The van der Waals surface area contributed by atoms with Gasteiger partial charge in [0, 0.05) is 0 Å². The second-order valence-electron chi connectivity index (χ2n) is 3.11. The highest BCUT2D eigenvalue weighted by molar-refractivity contribution is 5.66. The van der Waals surface area contributed by atoms with Crippen LogP contribution < -0.4 is 4.74 Å². The predicted octanol–water partition coefficient (Wildman–Crippen LogP) is 0.357. The molecule has 15 heavy (non-hydrogen) atoms. The molecule has 2 heterocycles. The fraction of sp³-hybridized carbons (Fsp3) is 0.375. The van der Waals surface area contributed by atoms with Crippen LogP contribution in [0, 0.1) is 5.82 Å². The van der Waals surface area contributed by atoms with Gasteiger partial charge in [0.2, 0.25) is 0 Å². The van der Waals surface area contributed by atoms with Crippen molar-refractivity contribution in [3.63, 3.8) is 0 Å². The van der Waals surface area contributed by atoms with E-state index in [1.807, 2.05) is 0 Å². The van der Waals surface area contributed by atoms with Crippen LogP contribution in [-0.4, -0.2) is 45.3 Å². The minimum atomic E-state index is -0.977. The highest BCUT2D eigenvalue weighted by atomic mass is 19.1. The number of carbonyl (C=O) groups is 1. The molecule has 1 saturated heterocycles. The summed E-state index contributed by atoms with van der Waals surface area (Å²) in [5.41, 5.74) is 0. The number of hydrogen-bond acceptors (Lipinski definition) is 4. The lowest BCUT2D eigenvalue weighted by Crippen LogP contribution is -2.55. The maximum Gasteiger partial charge on any atom is 0.407 e. The Hall–Kier alpha value is -1.92. The summed E-state index contributed by atoms with van der Waals surface area (Å²) >= 11 is 0. The molecule has 0 atom stereocenters. The van der Waals surface area contributed by atoms with Crippen molar-refractivity contribution in [3.8, 4) is 6.01 Å². The minimum Gasteiger partial charge on any atom is -0.465 e. The van der Waals surface area contributed by atoms with Gasteiger partial charge < -0.3 is 14.7 Å². The molecule has 7 heteroatoms. The van der Waals surface area contributed by atoms with Gasteiger partial charge in [-0.25, -0.2) is 19.2 Å². The molecule has 0 unspecified atom stereocenters. The van der Waals surface area contributed by atoms with Crippen LogP contribution in [0.5, 0.6) is 6.01 Å². The van der Waals surface area contributed by atoms with Gasteiger partial charge in [0.15, 0.2) is 5.82 Å². The first kappa shape index (κ1) is 9.63. The zero-order chi connectivity index (χ0) is 10.8. The number of rotatable bonds is 2. The van der Waals surface area contributed by atoms with Crippen LogP contribution in [0.4, 0.5) is 9.18 Å². The molecule has 1 amide bonds. The van der Waals surface area contributed by atoms with Crippen molar-refractivity contribution in [2.75, 3.05) is 13.1 Å². The Labute approximate surface area is 84.3 Å². The van der Waals surface area contributed by atoms with Crippen LogP contribution in [0.25, 0.3) is 0 Å². The van der Waals surface area contributed by atoms with E-state index in [1.165, 1.54) is 4.90 Å². The predicted molar refractivity (Wildman–Crippen MR) is 46.0 cm³/mol. The third-order valence-corrected chi connectivity index (χ3v) is 1.99. The number of amides is 1. The van der Waals surface area contributed by atoms with Crippen molar-refractivity contribution < 1.29 is 19.0 Å². The lowest BCUT2D eigenvalue weighted by atomic mass is 10.2. The molecule has 0 bridgehead atoms. The summed E-state index contributed by atoms with van der Waals surface area (Å²) in [6.07, 6.45) is 0.771. The van der Waals surface area contributed by atoms with E-state index >= 15 is 0 Å². The Kier molecular flexibility index (Phi) is 2.36. The SMILES string of the molecule is O=C(O)N1CC(Oc2ncc(F)cn2)C1. The molecule has 0 spiro atoms. The Bertz CT molecular complexity index is 364. The largest absolute Gasteiger partial charge is 0.465 e. The molecular formula is C8H8FN3O3. The fourth-order valence-corrected chi connectivity index (χ4v) is 1.18. The Balaban J connectivity index is 1.85. The van der Waals surface area contributed by atoms with E-state index in [2.05, 4.69) is 9.97 Å². The first-order valence-corrected chi connectivity index (χ1v) is 4.27. The molecule has 80 valence electrons. The van der Waals surface area contributed by atoms with E-state index in [9.17, 15) is 9.18 Å². The number of ether oxygens (including phenoxy) is 1. The first-order valence-electron chi connectivity index (χ1n) is 4.27. The van der Waals surface area contributed by atoms with Crippen LogP contribution >= 0.6 is 0 Å². The second-order valence-corrected chi connectivity index (χ2v) is 3.11. The monoisotopic (exact) mass is 213 g/mol. The normalized spacial score (nSPS) is 15.9. The maximum atomic E-state index is 12.4. The Morgan fingerprint density at radius 3 is 2.67 bits per heavy atom. The summed E-state index contributed by atoms with van der Waals surface area (Å²) in [4.78, 5) is 18.8. The lowest BCUT2D eigenvalue weighted by Gasteiger charge is -2.35. The minimum absolute atomic E-state index is 0.0615. The molecule has 1 aliphatic rings. The smallest absolute Gasteiger partial charge is 0.407 e. The average molecular weight is 213 g/mol. The molecule has 6 nitrogen and oxygen atoms in total. The van der Waals surface area contributed by atoms with Crippen molar-refractivity contribution in [2.24, 2.45) is 0 Å².